The van der Waals surface area contributed by atoms with Gasteiger partial charge in [-0.1, -0.05) is 12.1 Å². The molecule has 0 bridgehead atoms. The molecule has 3 rings (SSSR count). The van der Waals surface area contributed by atoms with Crippen LogP contribution in [0.5, 0.6) is 5.75 Å². The van der Waals surface area contributed by atoms with Crippen LogP contribution in [-0.4, -0.2) is 53.6 Å². The number of amides is 3. The van der Waals surface area contributed by atoms with E-state index in [0.717, 1.165) is 40.8 Å². The van der Waals surface area contributed by atoms with Gasteiger partial charge in [-0.15, -0.1) is 0 Å². The highest BCUT2D eigenvalue weighted by Gasteiger charge is 2.37. The first-order valence-corrected chi connectivity index (χ1v) is 8.57. The largest absolute Gasteiger partial charge is 0.497 e. The smallest absolute Gasteiger partial charge is 0.294 e. The Labute approximate surface area is 144 Å². The van der Waals surface area contributed by atoms with Crippen molar-refractivity contribution in [2.75, 3.05) is 26.7 Å². The molecule has 1 aromatic rings. The summed E-state index contributed by atoms with van der Waals surface area (Å²) < 4.78 is 5.09. The van der Waals surface area contributed by atoms with Crippen molar-refractivity contribution in [3.63, 3.8) is 0 Å². The number of imide groups is 1. The van der Waals surface area contributed by atoms with Gasteiger partial charge < -0.3 is 9.64 Å². The minimum atomic E-state index is -0.409. The van der Waals surface area contributed by atoms with Gasteiger partial charge in [-0.05, 0) is 48.4 Å². The van der Waals surface area contributed by atoms with Crippen molar-refractivity contribution >= 4 is 34.9 Å². The molecule has 2 heterocycles. The van der Waals surface area contributed by atoms with Gasteiger partial charge in [0.25, 0.3) is 11.1 Å². The first-order valence-electron chi connectivity index (χ1n) is 7.75. The van der Waals surface area contributed by atoms with Crippen LogP contribution in [-0.2, 0) is 9.59 Å². The first kappa shape index (κ1) is 16.6. The normalized spacial score (nSPS) is 19.5. The van der Waals surface area contributed by atoms with E-state index in [0.29, 0.717) is 18.0 Å². The Morgan fingerprint density at radius 3 is 2.50 bits per heavy atom. The topological polar surface area (TPSA) is 66.9 Å². The molecule has 0 radical (unpaired) electrons. The lowest BCUT2D eigenvalue weighted by molar-refractivity contribution is -0.135. The summed E-state index contributed by atoms with van der Waals surface area (Å²) in [5.41, 5.74) is 0.798. The molecule has 0 unspecified atom stereocenters. The number of hydrogen-bond acceptors (Lipinski definition) is 5. The lowest BCUT2D eigenvalue weighted by atomic mass is 10.2. The molecular weight excluding hydrogens is 328 g/mol. The third-order valence-electron chi connectivity index (χ3n) is 4.04. The molecule has 24 heavy (non-hydrogen) atoms. The zero-order valence-electron chi connectivity index (χ0n) is 13.4. The Morgan fingerprint density at radius 1 is 1.21 bits per heavy atom. The molecule has 1 aromatic carbocycles. The Bertz CT molecular complexity index is 693. The van der Waals surface area contributed by atoms with E-state index in [4.69, 9.17) is 4.74 Å². The summed E-state index contributed by atoms with van der Waals surface area (Å²) in [5, 5.41) is -0.396. The third-order valence-corrected chi connectivity index (χ3v) is 4.95. The summed E-state index contributed by atoms with van der Waals surface area (Å²) in [6.45, 7) is 1.23. The molecule has 7 heteroatoms. The molecule has 2 fully saturated rings. The van der Waals surface area contributed by atoms with E-state index >= 15 is 0 Å². The molecule has 0 N–H and O–H groups in total. The van der Waals surface area contributed by atoms with Crippen molar-refractivity contribution < 1.29 is 19.1 Å². The van der Waals surface area contributed by atoms with E-state index in [1.54, 1.807) is 30.2 Å². The summed E-state index contributed by atoms with van der Waals surface area (Å²) in [6, 6.07) is 7.18. The van der Waals surface area contributed by atoms with Crippen LogP contribution in [0, 0.1) is 0 Å². The van der Waals surface area contributed by atoms with E-state index in [1.807, 2.05) is 12.1 Å². The van der Waals surface area contributed by atoms with E-state index in [-0.39, 0.29) is 12.5 Å². The maximum absolute atomic E-state index is 12.4. The van der Waals surface area contributed by atoms with Gasteiger partial charge in [0.15, 0.2) is 0 Å². The molecule has 6 nitrogen and oxygen atoms in total. The second-order valence-electron chi connectivity index (χ2n) is 5.63. The summed E-state index contributed by atoms with van der Waals surface area (Å²) in [4.78, 5) is 39.7. The van der Waals surface area contributed by atoms with Crippen LogP contribution in [0.1, 0.15) is 18.4 Å². The van der Waals surface area contributed by atoms with Gasteiger partial charge in [0.2, 0.25) is 5.91 Å². The van der Waals surface area contributed by atoms with E-state index in [2.05, 4.69) is 0 Å². The van der Waals surface area contributed by atoms with Crippen molar-refractivity contribution in [2.24, 2.45) is 0 Å². The highest BCUT2D eigenvalue weighted by atomic mass is 32.2. The van der Waals surface area contributed by atoms with Gasteiger partial charge in [0.1, 0.15) is 12.3 Å². The molecule has 0 aliphatic carbocycles. The van der Waals surface area contributed by atoms with Gasteiger partial charge >= 0.3 is 0 Å². The fourth-order valence-corrected chi connectivity index (χ4v) is 3.53. The summed E-state index contributed by atoms with van der Waals surface area (Å²) in [5.74, 6) is 0.144. The van der Waals surface area contributed by atoms with Crippen molar-refractivity contribution in [1.82, 2.24) is 9.80 Å². The third kappa shape index (κ3) is 3.46. The van der Waals surface area contributed by atoms with E-state index < -0.39 is 11.1 Å². The molecular formula is C17H18N2O4S. The van der Waals surface area contributed by atoms with Crippen LogP contribution in [0.25, 0.3) is 6.08 Å². The van der Waals surface area contributed by atoms with Crippen LogP contribution in [0.4, 0.5) is 4.79 Å². The number of carbonyl (C=O) groups is 3. The van der Waals surface area contributed by atoms with Gasteiger partial charge in [-0.2, -0.15) is 0 Å². The number of hydrogen-bond donors (Lipinski definition) is 0. The lowest BCUT2D eigenvalue weighted by Crippen LogP contribution is -2.40. The zero-order chi connectivity index (χ0) is 17.1. The minimum Gasteiger partial charge on any atom is -0.497 e. The monoisotopic (exact) mass is 346 g/mol. The standard InChI is InChI=1S/C17H18N2O4S/c1-23-13-6-4-12(5-7-13)10-14-16(21)19(17(22)24-14)11-15(20)18-8-2-3-9-18/h4-7,10H,2-3,8-9,11H2,1H3/b14-10-. The Balaban J connectivity index is 1.70. The zero-order valence-corrected chi connectivity index (χ0v) is 14.2. The number of rotatable bonds is 4. The molecule has 0 atom stereocenters. The lowest BCUT2D eigenvalue weighted by Gasteiger charge is -2.18. The van der Waals surface area contributed by atoms with Crippen LogP contribution >= 0.6 is 11.8 Å². The Kier molecular flexibility index (Phi) is 4.89. The number of nitrogens with zero attached hydrogens (tertiary/aromatic N) is 2. The van der Waals surface area contributed by atoms with Crippen molar-refractivity contribution in [3.8, 4) is 5.75 Å². The maximum Gasteiger partial charge on any atom is 0.294 e. The van der Waals surface area contributed by atoms with Gasteiger partial charge in [0, 0.05) is 13.1 Å². The average molecular weight is 346 g/mol. The van der Waals surface area contributed by atoms with Crippen molar-refractivity contribution in [3.05, 3.63) is 34.7 Å². The molecule has 126 valence electrons. The van der Waals surface area contributed by atoms with Crippen LogP contribution in [0.2, 0.25) is 0 Å². The van der Waals surface area contributed by atoms with Gasteiger partial charge in [0.05, 0.1) is 12.0 Å². The predicted octanol–water partition coefficient (Wildman–Crippen LogP) is 2.35. The molecule has 2 saturated heterocycles. The number of thioether (sulfide) groups is 1. The molecule has 3 amide bonds. The first-order chi connectivity index (χ1) is 11.6. The molecule has 2 aliphatic rings. The van der Waals surface area contributed by atoms with Crippen LogP contribution in [0.3, 0.4) is 0 Å². The number of benzene rings is 1. The quantitative estimate of drug-likeness (QED) is 0.783. The summed E-state index contributed by atoms with van der Waals surface area (Å²) in [7, 11) is 1.58. The SMILES string of the molecule is COc1ccc(/C=C2\SC(=O)N(CC(=O)N3CCCC3)C2=O)cc1. The second-order valence-corrected chi connectivity index (χ2v) is 6.62. The summed E-state index contributed by atoms with van der Waals surface area (Å²) in [6.07, 6.45) is 3.61. The Hall–Kier alpha value is -2.28. The molecule has 0 saturated carbocycles. The molecule has 0 aromatic heterocycles. The number of carbonyl (C=O) groups excluding carboxylic acids is 3. The van der Waals surface area contributed by atoms with E-state index in [1.165, 1.54) is 0 Å². The maximum atomic E-state index is 12.4. The van der Waals surface area contributed by atoms with Crippen molar-refractivity contribution in [1.29, 1.82) is 0 Å². The van der Waals surface area contributed by atoms with Gasteiger partial charge in [-0.3, -0.25) is 19.3 Å². The van der Waals surface area contributed by atoms with Gasteiger partial charge in [-0.25, -0.2) is 0 Å². The number of methoxy groups -OCH3 is 1. The molecule has 2 aliphatic heterocycles. The highest BCUT2D eigenvalue weighted by Crippen LogP contribution is 2.32. The number of ether oxygens (including phenoxy) is 1. The van der Waals surface area contributed by atoms with Crippen LogP contribution < -0.4 is 4.74 Å². The van der Waals surface area contributed by atoms with Crippen molar-refractivity contribution in [2.45, 2.75) is 12.8 Å². The summed E-state index contributed by atoms with van der Waals surface area (Å²) >= 11 is 0.868. The second kappa shape index (κ2) is 7.09. The highest BCUT2D eigenvalue weighted by molar-refractivity contribution is 8.18. The van der Waals surface area contributed by atoms with Crippen LogP contribution in [0.15, 0.2) is 29.2 Å². The average Bonchev–Trinajstić information content (AvgIpc) is 3.20. The fourth-order valence-electron chi connectivity index (χ4n) is 2.69. The fraction of sp³-hybridized carbons (Fsp3) is 0.353. The number of likely N-dealkylation sites (tertiary alicyclic amines) is 1. The minimum absolute atomic E-state index is 0.166. The predicted molar refractivity (Wildman–Crippen MR) is 91.5 cm³/mol. The Morgan fingerprint density at radius 2 is 1.88 bits per heavy atom. The molecule has 0 spiro atoms. The van der Waals surface area contributed by atoms with E-state index in [9.17, 15) is 14.4 Å².